The SMILES string of the molecule is CC(=O)Nc1ccc2ccc(CCCCc3cccc(F)c3)cc2n1. The number of benzene rings is 2. The molecule has 0 bridgehead atoms. The van der Waals surface area contributed by atoms with Crippen molar-refractivity contribution in [3.05, 3.63) is 71.5 Å². The molecule has 128 valence electrons. The second kappa shape index (κ2) is 7.88. The van der Waals surface area contributed by atoms with Gasteiger partial charge in [0.25, 0.3) is 0 Å². The van der Waals surface area contributed by atoms with Gasteiger partial charge in [0.2, 0.25) is 5.91 Å². The quantitative estimate of drug-likeness (QED) is 0.651. The number of fused-ring (bicyclic) bond motifs is 1. The van der Waals surface area contributed by atoms with Gasteiger partial charge in [-0.05, 0) is 67.1 Å². The van der Waals surface area contributed by atoms with E-state index >= 15 is 0 Å². The van der Waals surface area contributed by atoms with Crippen molar-refractivity contribution in [3.63, 3.8) is 0 Å². The summed E-state index contributed by atoms with van der Waals surface area (Å²) in [6.07, 6.45) is 3.89. The third-order valence-corrected chi connectivity index (χ3v) is 4.13. The Morgan fingerprint density at radius 2 is 1.72 bits per heavy atom. The van der Waals surface area contributed by atoms with Crippen LogP contribution in [0, 0.1) is 5.82 Å². The van der Waals surface area contributed by atoms with Crippen LogP contribution in [0.5, 0.6) is 0 Å². The Balaban J connectivity index is 1.60. The van der Waals surface area contributed by atoms with Gasteiger partial charge in [0.05, 0.1) is 5.52 Å². The van der Waals surface area contributed by atoms with Gasteiger partial charge < -0.3 is 5.32 Å². The molecule has 4 heteroatoms. The van der Waals surface area contributed by atoms with Crippen LogP contribution in [0.1, 0.15) is 30.9 Å². The Kier molecular flexibility index (Phi) is 5.39. The van der Waals surface area contributed by atoms with Crippen LogP contribution in [-0.2, 0) is 17.6 Å². The highest BCUT2D eigenvalue weighted by Crippen LogP contribution is 2.18. The Morgan fingerprint density at radius 3 is 2.44 bits per heavy atom. The van der Waals surface area contributed by atoms with Crippen molar-refractivity contribution < 1.29 is 9.18 Å². The number of carbonyl (C=O) groups is 1. The highest BCUT2D eigenvalue weighted by Gasteiger charge is 2.02. The Morgan fingerprint density at radius 1 is 1.00 bits per heavy atom. The van der Waals surface area contributed by atoms with Gasteiger partial charge in [-0.25, -0.2) is 9.37 Å². The number of hydrogen-bond acceptors (Lipinski definition) is 2. The minimum absolute atomic E-state index is 0.125. The van der Waals surface area contributed by atoms with Gasteiger partial charge in [-0.15, -0.1) is 0 Å². The molecule has 1 heterocycles. The van der Waals surface area contributed by atoms with E-state index in [9.17, 15) is 9.18 Å². The largest absolute Gasteiger partial charge is 0.311 e. The number of rotatable bonds is 6. The summed E-state index contributed by atoms with van der Waals surface area (Å²) in [5, 5.41) is 3.76. The van der Waals surface area contributed by atoms with Crippen LogP contribution in [-0.4, -0.2) is 10.9 Å². The number of aromatic nitrogens is 1. The van der Waals surface area contributed by atoms with E-state index in [1.54, 1.807) is 12.1 Å². The summed E-state index contributed by atoms with van der Waals surface area (Å²) in [6, 6.07) is 16.8. The first-order valence-corrected chi connectivity index (χ1v) is 8.52. The summed E-state index contributed by atoms with van der Waals surface area (Å²) in [5.74, 6) is 0.275. The smallest absolute Gasteiger partial charge is 0.222 e. The first-order chi connectivity index (χ1) is 12.1. The summed E-state index contributed by atoms with van der Waals surface area (Å²) in [5.41, 5.74) is 3.15. The second-order valence-electron chi connectivity index (χ2n) is 6.24. The molecule has 3 rings (SSSR count). The molecule has 0 spiro atoms. The maximum atomic E-state index is 13.2. The van der Waals surface area contributed by atoms with E-state index in [4.69, 9.17) is 0 Å². The van der Waals surface area contributed by atoms with Crippen molar-refractivity contribution in [1.82, 2.24) is 4.98 Å². The molecular formula is C21H21FN2O. The van der Waals surface area contributed by atoms with Gasteiger partial charge in [-0.3, -0.25) is 4.79 Å². The molecule has 1 aromatic heterocycles. The van der Waals surface area contributed by atoms with Crippen molar-refractivity contribution in [2.75, 3.05) is 5.32 Å². The highest BCUT2D eigenvalue weighted by atomic mass is 19.1. The van der Waals surface area contributed by atoms with Crippen molar-refractivity contribution in [1.29, 1.82) is 0 Å². The average molecular weight is 336 g/mol. The predicted molar refractivity (Wildman–Crippen MR) is 99.1 cm³/mol. The number of hydrogen-bond donors (Lipinski definition) is 1. The van der Waals surface area contributed by atoms with Crippen LogP contribution < -0.4 is 5.32 Å². The first kappa shape index (κ1) is 17.1. The third-order valence-electron chi connectivity index (χ3n) is 4.13. The predicted octanol–water partition coefficient (Wildman–Crippen LogP) is 4.90. The lowest BCUT2D eigenvalue weighted by molar-refractivity contribution is -0.114. The van der Waals surface area contributed by atoms with Crippen LogP contribution in [0.2, 0.25) is 0 Å². The Hall–Kier alpha value is -2.75. The van der Waals surface area contributed by atoms with Crippen LogP contribution >= 0.6 is 0 Å². The number of amides is 1. The zero-order chi connectivity index (χ0) is 17.6. The van der Waals surface area contributed by atoms with Gasteiger partial charge in [-0.2, -0.15) is 0 Å². The zero-order valence-electron chi connectivity index (χ0n) is 14.3. The number of nitrogens with zero attached hydrogens (tertiary/aromatic N) is 1. The second-order valence-corrected chi connectivity index (χ2v) is 6.24. The molecule has 0 radical (unpaired) electrons. The molecule has 3 nitrogen and oxygen atoms in total. The minimum Gasteiger partial charge on any atom is -0.311 e. The number of unbranched alkanes of at least 4 members (excludes halogenated alkanes) is 1. The van der Waals surface area contributed by atoms with Gasteiger partial charge >= 0.3 is 0 Å². The molecule has 0 fully saturated rings. The molecule has 1 amide bonds. The van der Waals surface area contributed by atoms with Crippen LogP contribution in [0.4, 0.5) is 10.2 Å². The van der Waals surface area contributed by atoms with E-state index in [2.05, 4.69) is 28.5 Å². The van der Waals surface area contributed by atoms with E-state index in [-0.39, 0.29) is 11.7 Å². The fourth-order valence-electron chi connectivity index (χ4n) is 2.92. The number of pyridine rings is 1. The molecular weight excluding hydrogens is 315 g/mol. The standard InChI is InChI=1S/C21H21FN2O/c1-15(25)23-21-12-11-18-10-9-17(14-20(18)24-21)6-3-2-5-16-7-4-8-19(22)13-16/h4,7-14H,2-3,5-6H2,1H3,(H,23,24,25). The number of nitrogens with one attached hydrogen (secondary N) is 1. The molecule has 0 saturated carbocycles. The summed E-state index contributed by atoms with van der Waals surface area (Å²) in [6.45, 7) is 1.47. The van der Waals surface area contributed by atoms with Gasteiger partial charge in [-0.1, -0.05) is 24.3 Å². The maximum Gasteiger partial charge on any atom is 0.222 e. The number of halogens is 1. The molecule has 0 aliphatic heterocycles. The Labute approximate surface area is 146 Å². The first-order valence-electron chi connectivity index (χ1n) is 8.52. The van der Waals surface area contributed by atoms with E-state index in [0.717, 1.165) is 42.1 Å². The minimum atomic E-state index is -0.173. The van der Waals surface area contributed by atoms with E-state index < -0.39 is 0 Å². The van der Waals surface area contributed by atoms with Gasteiger partial charge in [0.15, 0.2) is 0 Å². The summed E-state index contributed by atoms with van der Waals surface area (Å²) >= 11 is 0. The molecule has 2 aromatic carbocycles. The Bertz CT molecular complexity index is 892. The summed E-state index contributed by atoms with van der Waals surface area (Å²) in [4.78, 5) is 15.6. The van der Waals surface area contributed by atoms with Crippen molar-refractivity contribution in [2.45, 2.75) is 32.6 Å². The topological polar surface area (TPSA) is 42.0 Å². The van der Waals surface area contributed by atoms with E-state index in [1.165, 1.54) is 18.6 Å². The normalized spacial score (nSPS) is 10.8. The monoisotopic (exact) mass is 336 g/mol. The van der Waals surface area contributed by atoms with Gasteiger partial charge in [0.1, 0.15) is 11.6 Å². The van der Waals surface area contributed by atoms with Crippen LogP contribution in [0.3, 0.4) is 0 Å². The van der Waals surface area contributed by atoms with E-state index in [0.29, 0.717) is 5.82 Å². The number of aryl methyl sites for hydroxylation is 2. The lowest BCUT2D eigenvalue weighted by atomic mass is 10.0. The third kappa shape index (κ3) is 4.86. The fraction of sp³-hybridized carbons (Fsp3) is 0.238. The molecule has 25 heavy (non-hydrogen) atoms. The lowest BCUT2D eigenvalue weighted by Gasteiger charge is -2.06. The maximum absolute atomic E-state index is 13.2. The molecule has 0 unspecified atom stereocenters. The summed E-state index contributed by atoms with van der Waals surface area (Å²) < 4.78 is 13.2. The lowest BCUT2D eigenvalue weighted by Crippen LogP contribution is -2.07. The van der Waals surface area contributed by atoms with E-state index in [1.807, 2.05) is 18.2 Å². The van der Waals surface area contributed by atoms with Crippen LogP contribution in [0.25, 0.3) is 10.9 Å². The highest BCUT2D eigenvalue weighted by molar-refractivity contribution is 5.89. The molecule has 0 aliphatic rings. The molecule has 3 aromatic rings. The molecule has 0 atom stereocenters. The van der Waals surface area contributed by atoms with Crippen LogP contribution in [0.15, 0.2) is 54.6 Å². The molecule has 1 N–H and O–H groups in total. The molecule has 0 saturated heterocycles. The van der Waals surface area contributed by atoms with Crippen molar-refractivity contribution in [2.24, 2.45) is 0 Å². The number of anilines is 1. The summed E-state index contributed by atoms with van der Waals surface area (Å²) in [7, 11) is 0. The van der Waals surface area contributed by atoms with Crippen molar-refractivity contribution in [3.8, 4) is 0 Å². The average Bonchev–Trinajstić information content (AvgIpc) is 2.58. The molecule has 0 aliphatic carbocycles. The zero-order valence-corrected chi connectivity index (χ0v) is 14.3. The van der Waals surface area contributed by atoms with Crippen molar-refractivity contribution >= 4 is 22.6 Å². The van der Waals surface area contributed by atoms with Gasteiger partial charge in [0, 0.05) is 12.3 Å². The fourth-order valence-corrected chi connectivity index (χ4v) is 2.92. The number of carbonyl (C=O) groups excluding carboxylic acids is 1.